The van der Waals surface area contributed by atoms with Gasteiger partial charge in [0.25, 0.3) is 5.91 Å². The highest BCUT2D eigenvalue weighted by Gasteiger charge is 2.19. The second-order valence-electron chi connectivity index (χ2n) is 6.86. The first-order valence-electron chi connectivity index (χ1n) is 8.87. The van der Waals surface area contributed by atoms with Gasteiger partial charge in [-0.3, -0.25) is 4.79 Å². The molecule has 1 atom stereocenters. The van der Waals surface area contributed by atoms with E-state index in [0.29, 0.717) is 13.2 Å². The van der Waals surface area contributed by atoms with Gasteiger partial charge in [-0.2, -0.15) is 5.26 Å². The van der Waals surface area contributed by atoms with Crippen LogP contribution in [0.5, 0.6) is 0 Å². The second kappa shape index (κ2) is 9.03. The summed E-state index contributed by atoms with van der Waals surface area (Å²) in [5.41, 5.74) is 4.30. The number of carbonyl (C=O) groups excluding carboxylic acids is 1. The lowest BCUT2D eigenvalue weighted by atomic mass is 10.1. The van der Waals surface area contributed by atoms with E-state index in [1.54, 1.807) is 36.5 Å². The summed E-state index contributed by atoms with van der Waals surface area (Å²) in [4.78, 5) is 15.5. The SMILES string of the molecule is COCC(C)n1c(C)cc(/C=C(\C#N)C(=O)N(C)Cc2sccc2C)c1C. The molecule has 0 bridgehead atoms. The molecule has 0 fully saturated rings. The van der Waals surface area contributed by atoms with E-state index in [4.69, 9.17) is 4.74 Å². The molecule has 2 heterocycles. The van der Waals surface area contributed by atoms with E-state index in [9.17, 15) is 10.1 Å². The molecule has 1 unspecified atom stereocenters. The number of nitrogens with zero attached hydrogens (tertiary/aromatic N) is 3. The highest BCUT2D eigenvalue weighted by molar-refractivity contribution is 7.10. The standard InChI is InChI=1S/C21H27N3O2S/c1-14-7-8-27-20(14)12-23(5)21(25)19(11-22)10-18-9-15(2)24(17(18)4)16(3)13-26-6/h7-10,16H,12-13H2,1-6H3/b19-10+. The summed E-state index contributed by atoms with van der Waals surface area (Å²) in [6.45, 7) is 9.25. The van der Waals surface area contributed by atoms with Gasteiger partial charge in [-0.1, -0.05) is 0 Å². The number of ether oxygens (including phenoxy) is 1. The second-order valence-corrected chi connectivity index (χ2v) is 7.86. The summed E-state index contributed by atoms with van der Waals surface area (Å²) in [5, 5.41) is 11.6. The van der Waals surface area contributed by atoms with Crippen LogP contribution in [0.25, 0.3) is 6.08 Å². The molecule has 0 N–H and O–H groups in total. The zero-order chi connectivity index (χ0) is 20.1. The molecule has 6 heteroatoms. The number of rotatable bonds is 7. The van der Waals surface area contributed by atoms with Crippen LogP contribution in [0.15, 0.2) is 23.1 Å². The lowest BCUT2D eigenvalue weighted by Crippen LogP contribution is -2.27. The molecule has 2 aromatic heterocycles. The molecule has 27 heavy (non-hydrogen) atoms. The average Bonchev–Trinajstić information content (AvgIpc) is 3.14. The Morgan fingerprint density at radius 2 is 2.15 bits per heavy atom. The van der Waals surface area contributed by atoms with Crippen LogP contribution in [0, 0.1) is 32.1 Å². The summed E-state index contributed by atoms with van der Waals surface area (Å²) in [6.07, 6.45) is 1.69. The monoisotopic (exact) mass is 385 g/mol. The van der Waals surface area contributed by atoms with Crippen molar-refractivity contribution < 1.29 is 9.53 Å². The molecule has 5 nitrogen and oxygen atoms in total. The van der Waals surface area contributed by atoms with Gasteiger partial charge in [-0.25, -0.2) is 0 Å². The van der Waals surface area contributed by atoms with Crippen LogP contribution in [-0.4, -0.2) is 36.1 Å². The lowest BCUT2D eigenvalue weighted by molar-refractivity contribution is -0.125. The average molecular weight is 386 g/mol. The van der Waals surface area contributed by atoms with Gasteiger partial charge in [-0.15, -0.1) is 11.3 Å². The molecule has 0 aromatic carbocycles. The fourth-order valence-electron chi connectivity index (χ4n) is 3.30. The molecule has 0 radical (unpaired) electrons. The number of aromatic nitrogens is 1. The van der Waals surface area contributed by atoms with Gasteiger partial charge < -0.3 is 14.2 Å². The zero-order valence-corrected chi connectivity index (χ0v) is 17.7. The van der Waals surface area contributed by atoms with Crippen molar-refractivity contribution in [2.75, 3.05) is 20.8 Å². The Morgan fingerprint density at radius 3 is 2.70 bits per heavy atom. The number of likely N-dealkylation sites (N-methyl/N-ethyl adjacent to an activating group) is 1. The van der Waals surface area contributed by atoms with Crippen LogP contribution < -0.4 is 0 Å². The molecule has 0 saturated heterocycles. The molecule has 0 aliphatic carbocycles. The van der Waals surface area contributed by atoms with E-state index in [1.807, 2.05) is 38.3 Å². The molecular formula is C21H27N3O2S. The topological polar surface area (TPSA) is 58.3 Å². The minimum absolute atomic E-state index is 0.145. The molecule has 0 spiro atoms. The van der Waals surface area contributed by atoms with Crippen molar-refractivity contribution in [1.82, 2.24) is 9.47 Å². The molecule has 144 valence electrons. The van der Waals surface area contributed by atoms with Crippen molar-refractivity contribution in [2.45, 2.75) is 40.3 Å². The predicted octanol–water partition coefficient (Wildman–Crippen LogP) is 4.25. The Hall–Kier alpha value is -2.36. The molecule has 2 aromatic rings. The minimum atomic E-state index is -0.264. The molecule has 0 aliphatic heterocycles. The summed E-state index contributed by atoms with van der Waals surface area (Å²) in [5.74, 6) is -0.264. The smallest absolute Gasteiger partial charge is 0.264 e. The number of aryl methyl sites for hydroxylation is 2. The fraction of sp³-hybridized carbons (Fsp3) is 0.429. The highest BCUT2D eigenvalue weighted by atomic mass is 32.1. The van der Waals surface area contributed by atoms with Crippen molar-refractivity contribution in [3.63, 3.8) is 0 Å². The van der Waals surface area contributed by atoms with Crippen molar-refractivity contribution in [2.24, 2.45) is 0 Å². The maximum atomic E-state index is 12.8. The van der Waals surface area contributed by atoms with Gasteiger partial charge >= 0.3 is 0 Å². The van der Waals surface area contributed by atoms with Crippen LogP contribution in [0.2, 0.25) is 0 Å². The maximum Gasteiger partial charge on any atom is 0.264 e. The Balaban J connectivity index is 2.28. The van der Waals surface area contributed by atoms with E-state index in [1.165, 1.54) is 0 Å². The lowest BCUT2D eigenvalue weighted by Gasteiger charge is -2.18. The van der Waals surface area contributed by atoms with Crippen molar-refractivity contribution in [3.8, 4) is 6.07 Å². The number of methoxy groups -OCH3 is 1. The number of nitriles is 1. The molecule has 0 saturated carbocycles. The third-order valence-corrected chi connectivity index (χ3v) is 5.73. The summed E-state index contributed by atoms with van der Waals surface area (Å²) < 4.78 is 7.43. The summed E-state index contributed by atoms with van der Waals surface area (Å²) in [7, 11) is 3.42. The van der Waals surface area contributed by atoms with Crippen molar-refractivity contribution in [1.29, 1.82) is 5.26 Å². The maximum absolute atomic E-state index is 12.8. The Labute approximate surface area is 165 Å². The number of amides is 1. The third-order valence-electron chi connectivity index (χ3n) is 4.72. The van der Waals surface area contributed by atoms with Crippen LogP contribution in [-0.2, 0) is 16.1 Å². The first-order chi connectivity index (χ1) is 12.8. The molecule has 1 amide bonds. The van der Waals surface area contributed by atoms with Gasteiger partial charge in [0.2, 0.25) is 0 Å². The quantitative estimate of drug-likeness (QED) is 0.529. The van der Waals surface area contributed by atoms with E-state index in [-0.39, 0.29) is 17.5 Å². The predicted molar refractivity (Wildman–Crippen MR) is 110 cm³/mol. The Kier molecular flexibility index (Phi) is 7.00. The van der Waals surface area contributed by atoms with E-state index < -0.39 is 0 Å². The molecule has 0 aliphatic rings. The van der Waals surface area contributed by atoms with Gasteiger partial charge in [0.15, 0.2) is 0 Å². The van der Waals surface area contributed by atoms with Gasteiger partial charge in [-0.05, 0) is 62.4 Å². The van der Waals surface area contributed by atoms with Crippen LogP contribution in [0.3, 0.4) is 0 Å². The fourth-order valence-corrected chi connectivity index (χ4v) is 4.26. The highest BCUT2D eigenvalue weighted by Crippen LogP contribution is 2.24. The van der Waals surface area contributed by atoms with E-state index >= 15 is 0 Å². The number of hydrogen-bond donors (Lipinski definition) is 0. The summed E-state index contributed by atoms with van der Waals surface area (Å²) >= 11 is 1.62. The number of hydrogen-bond acceptors (Lipinski definition) is 4. The van der Waals surface area contributed by atoms with Crippen molar-refractivity contribution >= 4 is 23.3 Å². The minimum Gasteiger partial charge on any atom is -0.383 e. The molecule has 2 rings (SSSR count). The normalized spacial score (nSPS) is 12.7. The van der Waals surface area contributed by atoms with Crippen LogP contribution in [0.4, 0.5) is 0 Å². The van der Waals surface area contributed by atoms with Crippen LogP contribution >= 0.6 is 11.3 Å². The summed E-state index contributed by atoms with van der Waals surface area (Å²) in [6, 6.07) is 6.30. The Bertz CT molecular complexity index is 886. The van der Waals surface area contributed by atoms with E-state index in [2.05, 4.69) is 17.6 Å². The van der Waals surface area contributed by atoms with Crippen LogP contribution in [0.1, 0.15) is 40.4 Å². The Morgan fingerprint density at radius 1 is 1.44 bits per heavy atom. The zero-order valence-electron chi connectivity index (χ0n) is 16.9. The number of carbonyl (C=O) groups is 1. The van der Waals surface area contributed by atoms with Crippen molar-refractivity contribution in [3.05, 3.63) is 50.5 Å². The van der Waals surface area contributed by atoms with Gasteiger partial charge in [0.1, 0.15) is 11.6 Å². The van der Waals surface area contributed by atoms with E-state index in [0.717, 1.165) is 27.4 Å². The first-order valence-corrected chi connectivity index (χ1v) is 9.75. The molecular weight excluding hydrogens is 358 g/mol. The third kappa shape index (κ3) is 4.68. The first kappa shape index (κ1) is 20.9. The van der Waals surface area contributed by atoms with Gasteiger partial charge in [0.05, 0.1) is 19.2 Å². The largest absolute Gasteiger partial charge is 0.383 e. The number of thiophene rings is 1. The van der Waals surface area contributed by atoms with Gasteiger partial charge in [0, 0.05) is 30.4 Å².